The predicted octanol–water partition coefficient (Wildman–Crippen LogP) is 1.22. The van der Waals surface area contributed by atoms with Gasteiger partial charge in [-0.1, -0.05) is 6.92 Å². The van der Waals surface area contributed by atoms with E-state index in [2.05, 4.69) is 22.2 Å². The van der Waals surface area contributed by atoms with E-state index < -0.39 is 0 Å². The maximum atomic E-state index is 4.14. The summed E-state index contributed by atoms with van der Waals surface area (Å²) in [6.45, 7) is 4.30. The standard InChI is InChI=1S/C10H15N3/c1-8-4-9(8)5-12-6-10-2-3-11-7-13-10/h2-3,7-9,12H,4-6H2,1H3. The molecule has 1 aromatic heterocycles. The van der Waals surface area contributed by atoms with Crippen molar-refractivity contribution in [3.63, 3.8) is 0 Å². The van der Waals surface area contributed by atoms with Crippen LogP contribution in [0.15, 0.2) is 18.6 Å². The van der Waals surface area contributed by atoms with Gasteiger partial charge in [-0.15, -0.1) is 0 Å². The van der Waals surface area contributed by atoms with Crippen molar-refractivity contribution >= 4 is 0 Å². The fourth-order valence-corrected chi connectivity index (χ4v) is 1.49. The molecule has 1 fully saturated rings. The molecular formula is C10H15N3. The molecule has 0 spiro atoms. The first-order valence-electron chi connectivity index (χ1n) is 4.82. The molecule has 0 aromatic carbocycles. The Balaban J connectivity index is 1.68. The third-order valence-electron chi connectivity index (χ3n) is 2.63. The zero-order valence-electron chi connectivity index (χ0n) is 7.90. The number of aromatic nitrogens is 2. The monoisotopic (exact) mass is 177 g/mol. The molecule has 13 heavy (non-hydrogen) atoms. The maximum absolute atomic E-state index is 4.14. The Morgan fingerprint density at radius 3 is 3.08 bits per heavy atom. The zero-order valence-corrected chi connectivity index (χ0v) is 7.90. The van der Waals surface area contributed by atoms with Gasteiger partial charge in [0.25, 0.3) is 0 Å². The van der Waals surface area contributed by atoms with Gasteiger partial charge in [0, 0.05) is 12.7 Å². The van der Waals surface area contributed by atoms with Crippen LogP contribution in [0.5, 0.6) is 0 Å². The molecule has 3 nitrogen and oxygen atoms in total. The first kappa shape index (κ1) is 8.63. The van der Waals surface area contributed by atoms with Gasteiger partial charge in [-0.3, -0.25) is 0 Å². The summed E-state index contributed by atoms with van der Waals surface area (Å²) in [6.07, 6.45) is 4.76. The summed E-state index contributed by atoms with van der Waals surface area (Å²) in [7, 11) is 0. The predicted molar refractivity (Wildman–Crippen MR) is 51.0 cm³/mol. The topological polar surface area (TPSA) is 37.8 Å². The average molecular weight is 177 g/mol. The molecule has 70 valence electrons. The van der Waals surface area contributed by atoms with Gasteiger partial charge in [0.15, 0.2) is 0 Å². The van der Waals surface area contributed by atoms with E-state index in [1.54, 1.807) is 12.5 Å². The molecule has 2 atom stereocenters. The summed E-state index contributed by atoms with van der Waals surface area (Å²) < 4.78 is 0. The number of rotatable bonds is 4. The molecule has 0 radical (unpaired) electrons. The Bertz CT molecular complexity index is 260. The summed E-state index contributed by atoms with van der Waals surface area (Å²) >= 11 is 0. The summed E-state index contributed by atoms with van der Waals surface area (Å²) in [5.74, 6) is 1.83. The largest absolute Gasteiger partial charge is 0.311 e. The quantitative estimate of drug-likeness (QED) is 0.751. The molecule has 1 aliphatic rings. The highest BCUT2D eigenvalue weighted by Crippen LogP contribution is 2.36. The van der Waals surface area contributed by atoms with Crippen molar-refractivity contribution in [3.05, 3.63) is 24.3 Å². The molecule has 3 heteroatoms. The van der Waals surface area contributed by atoms with E-state index in [0.717, 1.165) is 30.6 Å². The summed E-state index contributed by atoms with van der Waals surface area (Å²) in [4.78, 5) is 8.02. The second-order valence-electron chi connectivity index (χ2n) is 3.80. The third-order valence-corrected chi connectivity index (χ3v) is 2.63. The number of nitrogens with one attached hydrogen (secondary N) is 1. The molecule has 0 aliphatic heterocycles. The van der Waals surface area contributed by atoms with Gasteiger partial charge in [-0.25, -0.2) is 9.97 Å². The molecule has 1 aromatic rings. The molecule has 1 heterocycles. The molecule has 1 aliphatic carbocycles. The highest BCUT2D eigenvalue weighted by molar-refractivity contribution is 4.97. The number of hydrogen-bond donors (Lipinski definition) is 1. The molecule has 1 saturated carbocycles. The van der Waals surface area contributed by atoms with Crippen LogP contribution >= 0.6 is 0 Å². The van der Waals surface area contributed by atoms with E-state index in [1.807, 2.05) is 6.07 Å². The Morgan fingerprint density at radius 1 is 1.62 bits per heavy atom. The van der Waals surface area contributed by atoms with Crippen LogP contribution in [0.1, 0.15) is 19.0 Å². The highest BCUT2D eigenvalue weighted by atomic mass is 14.9. The van der Waals surface area contributed by atoms with Crippen molar-refractivity contribution in [2.75, 3.05) is 6.54 Å². The minimum Gasteiger partial charge on any atom is -0.311 e. The van der Waals surface area contributed by atoms with Crippen LogP contribution in [0.25, 0.3) is 0 Å². The smallest absolute Gasteiger partial charge is 0.115 e. The SMILES string of the molecule is CC1CC1CNCc1ccncn1. The van der Waals surface area contributed by atoms with Crippen LogP contribution in [0.4, 0.5) is 0 Å². The van der Waals surface area contributed by atoms with Crippen LogP contribution in [0.3, 0.4) is 0 Å². The lowest BCUT2D eigenvalue weighted by molar-refractivity contribution is 0.604. The molecule has 1 N–H and O–H groups in total. The molecule has 0 amide bonds. The van der Waals surface area contributed by atoms with Crippen molar-refractivity contribution < 1.29 is 0 Å². The fraction of sp³-hybridized carbons (Fsp3) is 0.600. The van der Waals surface area contributed by atoms with Gasteiger partial charge in [0.1, 0.15) is 6.33 Å². The average Bonchev–Trinajstić information content (AvgIpc) is 2.84. The van der Waals surface area contributed by atoms with Crippen molar-refractivity contribution in [2.24, 2.45) is 11.8 Å². The Hall–Kier alpha value is -0.960. The van der Waals surface area contributed by atoms with E-state index in [9.17, 15) is 0 Å². The first-order chi connectivity index (χ1) is 6.36. The van der Waals surface area contributed by atoms with Gasteiger partial charge >= 0.3 is 0 Å². The van der Waals surface area contributed by atoms with Gasteiger partial charge < -0.3 is 5.32 Å². The van der Waals surface area contributed by atoms with Crippen molar-refractivity contribution in [2.45, 2.75) is 19.9 Å². The molecule has 2 unspecified atom stereocenters. The lowest BCUT2D eigenvalue weighted by atomic mass is 10.3. The minimum atomic E-state index is 0.867. The van der Waals surface area contributed by atoms with Gasteiger partial charge in [-0.05, 0) is 30.9 Å². The second-order valence-corrected chi connectivity index (χ2v) is 3.80. The van der Waals surface area contributed by atoms with Crippen LogP contribution in [-0.2, 0) is 6.54 Å². The lowest BCUT2D eigenvalue weighted by Crippen LogP contribution is -2.17. The van der Waals surface area contributed by atoms with Crippen LogP contribution in [0, 0.1) is 11.8 Å². The molecular weight excluding hydrogens is 162 g/mol. The van der Waals surface area contributed by atoms with Gasteiger partial charge in [0.05, 0.1) is 5.69 Å². The van der Waals surface area contributed by atoms with Gasteiger partial charge in [0.2, 0.25) is 0 Å². The Morgan fingerprint density at radius 2 is 2.46 bits per heavy atom. The fourth-order valence-electron chi connectivity index (χ4n) is 1.49. The highest BCUT2D eigenvalue weighted by Gasteiger charge is 2.31. The van der Waals surface area contributed by atoms with Gasteiger partial charge in [-0.2, -0.15) is 0 Å². The van der Waals surface area contributed by atoms with Crippen molar-refractivity contribution in [1.82, 2.24) is 15.3 Å². The van der Waals surface area contributed by atoms with Crippen molar-refractivity contribution in [3.8, 4) is 0 Å². The Kier molecular flexibility index (Phi) is 2.54. The molecule has 0 saturated heterocycles. The normalized spacial score (nSPS) is 25.9. The minimum absolute atomic E-state index is 0.867. The first-order valence-corrected chi connectivity index (χ1v) is 4.82. The summed E-state index contributed by atoms with van der Waals surface area (Å²) in [5.41, 5.74) is 1.07. The van der Waals surface area contributed by atoms with E-state index >= 15 is 0 Å². The third kappa shape index (κ3) is 2.49. The van der Waals surface area contributed by atoms with E-state index in [4.69, 9.17) is 0 Å². The second kappa shape index (κ2) is 3.83. The number of nitrogens with zero attached hydrogens (tertiary/aromatic N) is 2. The van der Waals surface area contributed by atoms with Crippen molar-refractivity contribution in [1.29, 1.82) is 0 Å². The lowest BCUT2D eigenvalue weighted by Gasteiger charge is -2.01. The number of hydrogen-bond acceptors (Lipinski definition) is 3. The molecule has 0 bridgehead atoms. The summed E-state index contributed by atoms with van der Waals surface area (Å²) in [6, 6.07) is 1.95. The summed E-state index contributed by atoms with van der Waals surface area (Å²) in [5, 5.41) is 3.40. The van der Waals surface area contributed by atoms with E-state index in [0.29, 0.717) is 0 Å². The van der Waals surface area contributed by atoms with Crippen LogP contribution < -0.4 is 5.32 Å². The van der Waals surface area contributed by atoms with E-state index in [1.165, 1.54) is 6.42 Å². The van der Waals surface area contributed by atoms with Crippen LogP contribution in [0.2, 0.25) is 0 Å². The maximum Gasteiger partial charge on any atom is 0.115 e. The zero-order chi connectivity index (χ0) is 9.10. The Labute approximate surface area is 78.6 Å². The van der Waals surface area contributed by atoms with E-state index in [-0.39, 0.29) is 0 Å². The van der Waals surface area contributed by atoms with Crippen LogP contribution in [-0.4, -0.2) is 16.5 Å². The molecule has 2 rings (SSSR count).